The topological polar surface area (TPSA) is 81.8 Å². The SMILES string of the molecule is CCCCCCCCc1nnc(NC(=O)c2cccc[n+]2[O-])s1. The summed E-state index contributed by atoms with van der Waals surface area (Å²) in [5.74, 6) is -0.470. The number of nitrogens with one attached hydrogen (secondary N) is 1. The first-order valence-corrected chi connectivity index (χ1v) is 8.84. The van der Waals surface area contributed by atoms with Gasteiger partial charge >= 0.3 is 5.91 Å². The standard InChI is InChI=1S/C16H22N4O2S/c1-2-3-4-5-6-7-11-14-18-19-16(23-14)17-15(21)13-10-8-9-12-20(13)22/h8-10,12H,2-7,11H2,1H3,(H,17,19,21). The van der Waals surface area contributed by atoms with E-state index < -0.39 is 5.91 Å². The van der Waals surface area contributed by atoms with Crippen LogP contribution >= 0.6 is 11.3 Å². The smallest absolute Gasteiger partial charge is 0.323 e. The fourth-order valence-corrected chi connectivity index (χ4v) is 3.00. The van der Waals surface area contributed by atoms with Crippen LogP contribution in [-0.2, 0) is 6.42 Å². The molecule has 1 amide bonds. The Morgan fingerprint density at radius 3 is 2.78 bits per heavy atom. The minimum absolute atomic E-state index is 0.0418. The summed E-state index contributed by atoms with van der Waals surface area (Å²) in [6.07, 6.45) is 9.56. The maximum atomic E-state index is 12.0. The van der Waals surface area contributed by atoms with Crippen LogP contribution in [0.3, 0.4) is 0 Å². The number of pyridine rings is 1. The van der Waals surface area contributed by atoms with Crippen LogP contribution in [0.5, 0.6) is 0 Å². The minimum atomic E-state index is -0.470. The highest BCUT2D eigenvalue weighted by molar-refractivity contribution is 7.15. The average molecular weight is 334 g/mol. The second-order valence-corrected chi connectivity index (χ2v) is 6.45. The molecule has 124 valence electrons. The van der Waals surface area contributed by atoms with Gasteiger partial charge in [-0.2, -0.15) is 4.73 Å². The maximum absolute atomic E-state index is 12.0. The number of unbranched alkanes of at least 4 members (excludes halogenated alkanes) is 5. The molecule has 0 aliphatic rings. The number of aromatic nitrogens is 3. The van der Waals surface area contributed by atoms with Gasteiger partial charge in [-0.3, -0.25) is 10.1 Å². The van der Waals surface area contributed by atoms with Gasteiger partial charge in [-0.15, -0.1) is 10.2 Å². The van der Waals surface area contributed by atoms with Crippen molar-refractivity contribution in [3.05, 3.63) is 40.3 Å². The highest BCUT2D eigenvalue weighted by atomic mass is 32.1. The zero-order chi connectivity index (χ0) is 16.5. The normalized spacial score (nSPS) is 10.7. The lowest BCUT2D eigenvalue weighted by Crippen LogP contribution is -2.36. The number of rotatable bonds is 9. The van der Waals surface area contributed by atoms with Gasteiger partial charge in [0.25, 0.3) is 5.69 Å². The molecule has 23 heavy (non-hydrogen) atoms. The van der Waals surface area contributed by atoms with E-state index in [1.165, 1.54) is 55.7 Å². The highest BCUT2D eigenvalue weighted by Gasteiger charge is 2.17. The van der Waals surface area contributed by atoms with E-state index in [2.05, 4.69) is 22.4 Å². The Labute approximate surface area is 140 Å². The van der Waals surface area contributed by atoms with Gasteiger partial charge in [0.05, 0.1) is 0 Å². The zero-order valence-electron chi connectivity index (χ0n) is 13.3. The Kier molecular flexibility index (Phi) is 6.93. The van der Waals surface area contributed by atoms with E-state index in [1.54, 1.807) is 12.1 Å². The van der Waals surface area contributed by atoms with Crippen molar-refractivity contribution in [2.24, 2.45) is 0 Å². The number of amides is 1. The molecule has 7 heteroatoms. The first-order valence-electron chi connectivity index (χ1n) is 8.02. The third kappa shape index (κ3) is 5.59. The number of hydrogen-bond donors (Lipinski definition) is 1. The molecule has 0 saturated heterocycles. The summed E-state index contributed by atoms with van der Waals surface area (Å²) in [6.45, 7) is 2.21. The monoisotopic (exact) mass is 334 g/mol. The number of aryl methyl sites for hydroxylation is 1. The van der Waals surface area contributed by atoms with E-state index >= 15 is 0 Å². The fourth-order valence-electron chi connectivity index (χ4n) is 2.23. The van der Waals surface area contributed by atoms with Crippen molar-refractivity contribution in [2.45, 2.75) is 51.9 Å². The summed E-state index contributed by atoms with van der Waals surface area (Å²) < 4.78 is 0.535. The molecular formula is C16H22N4O2S. The predicted molar refractivity (Wildman–Crippen MR) is 90.3 cm³/mol. The Bertz CT molecular complexity index is 630. The lowest BCUT2D eigenvalue weighted by molar-refractivity contribution is -0.607. The molecule has 0 spiro atoms. The van der Waals surface area contributed by atoms with Gasteiger partial charge in [0, 0.05) is 18.6 Å². The van der Waals surface area contributed by atoms with Crippen molar-refractivity contribution >= 4 is 22.4 Å². The van der Waals surface area contributed by atoms with Crippen LogP contribution in [0, 0.1) is 5.21 Å². The summed E-state index contributed by atoms with van der Waals surface area (Å²) in [5, 5.41) is 23.6. The Hall–Kier alpha value is -2.02. The number of anilines is 1. The van der Waals surface area contributed by atoms with E-state index in [9.17, 15) is 10.0 Å². The summed E-state index contributed by atoms with van der Waals surface area (Å²) in [4.78, 5) is 12.0. The Morgan fingerprint density at radius 1 is 1.22 bits per heavy atom. The lowest BCUT2D eigenvalue weighted by Gasteiger charge is -2.02. The van der Waals surface area contributed by atoms with Crippen LogP contribution in [0.1, 0.15) is 60.9 Å². The summed E-state index contributed by atoms with van der Waals surface area (Å²) in [5.41, 5.74) is 0.0418. The lowest BCUT2D eigenvalue weighted by atomic mass is 10.1. The average Bonchev–Trinajstić information content (AvgIpc) is 2.98. The van der Waals surface area contributed by atoms with Gasteiger partial charge in [0.2, 0.25) is 5.13 Å². The molecule has 2 aromatic rings. The van der Waals surface area contributed by atoms with Gasteiger partial charge in [0.15, 0.2) is 6.20 Å². The molecular weight excluding hydrogens is 312 g/mol. The van der Waals surface area contributed by atoms with Crippen molar-refractivity contribution in [2.75, 3.05) is 5.32 Å². The van der Waals surface area contributed by atoms with Crippen molar-refractivity contribution in [3.8, 4) is 0 Å². The molecule has 1 N–H and O–H groups in total. The molecule has 2 heterocycles. The van der Waals surface area contributed by atoms with Crippen molar-refractivity contribution in [1.82, 2.24) is 10.2 Å². The molecule has 0 unspecified atom stereocenters. The quantitative estimate of drug-likeness (QED) is 0.433. The van der Waals surface area contributed by atoms with Gasteiger partial charge < -0.3 is 5.21 Å². The molecule has 0 aromatic carbocycles. The molecule has 2 rings (SSSR count). The van der Waals surface area contributed by atoms with Gasteiger partial charge in [-0.05, 0) is 12.5 Å². The molecule has 2 aromatic heterocycles. The molecule has 6 nitrogen and oxygen atoms in total. The molecule has 0 saturated carbocycles. The number of carbonyl (C=O) groups is 1. The van der Waals surface area contributed by atoms with Crippen molar-refractivity contribution < 1.29 is 9.52 Å². The van der Waals surface area contributed by atoms with E-state index in [4.69, 9.17) is 0 Å². The largest absolute Gasteiger partial charge is 0.618 e. The first-order chi connectivity index (χ1) is 11.2. The number of nitrogens with zero attached hydrogens (tertiary/aromatic N) is 3. The minimum Gasteiger partial charge on any atom is -0.618 e. The van der Waals surface area contributed by atoms with Gasteiger partial charge in [0.1, 0.15) is 5.01 Å². The van der Waals surface area contributed by atoms with Gasteiger partial charge in [-0.1, -0.05) is 50.4 Å². The second kappa shape index (κ2) is 9.19. The third-order valence-electron chi connectivity index (χ3n) is 3.49. The molecule has 0 radical (unpaired) electrons. The van der Waals surface area contributed by atoms with Crippen LogP contribution in [0.2, 0.25) is 0 Å². The third-order valence-corrected chi connectivity index (χ3v) is 4.39. The molecule has 0 aliphatic heterocycles. The number of hydrogen-bond acceptors (Lipinski definition) is 5. The molecule has 0 bridgehead atoms. The van der Waals surface area contributed by atoms with E-state index in [-0.39, 0.29) is 5.69 Å². The predicted octanol–water partition coefficient (Wildman–Crippen LogP) is 3.33. The molecule has 0 aliphatic carbocycles. The van der Waals surface area contributed by atoms with Crippen LogP contribution in [0.25, 0.3) is 0 Å². The van der Waals surface area contributed by atoms with Crippen LogP contribution in [0.15, 0.2) is 24.4 Å². The maximum Gasteiger partial charge on any atom is 0.323 e. The van der Waals surface area contributed by atoms with E-state index in [1.807, 2.05) is 0 Å². The van der Waals surface area contributed by atoms with Crippen LogP contribution < -0.4 is 10.0 Å². The Balaban J connectivity index is 1.78. The van der Waals surface area contributed by atoms with Crippen molar-refractivity contribution in [1.29, 1.82) is 0 Å². The zero-order valence-corrected chi connectivity index (χ0v) is 14.1. The summed E-state index contributed by atoms with van der Waals surface area (Å²) in [6, 6.07) is 4.70. The van der Waals surface area contributed by atoms with Gasteiger partial charge in [-0.25, -0.2) is 0 Å². The highest BCUT2D eigenvalue weighted by Crippen LogP contribution is 2.18. The number of carbonyl (C=O) groups excluding carboxylic acids is 1. The van der Waals surface area contributed by atoms with Crippen LogP contribution in [0.4, 0.5) is 5.13 Å². The first kappa shape index (κ1) is 17.3. The Morgan fingerprint density at radius 2 is 2.00 bits per heavy atom. The molecule has 0 fully saturated rings. The fraction of sp³-hybridized carbons (Fsp3) is 0.500. The van der Waals surface area contributed by atoms with Crippen LogP contribution in [-0.4, -0.2) is 16.1 Å². The molecule has 0 atom stereocenters. The summed E-state index contributed by atoms with van der Waals surface area (Å²) >= 11 is 1.36. The van der Waals surface area contributed by atoms with E-state index in [0.717, 1.165) is 17.8 Å². The second-order valence-electron chi connectivity index (χ2n) is 5.38. The summed E-state index contributed by atoms with van der Waals surface area (Å²) in [7, 11) is 0. The van der Waals surface area contributed by atoms with Crippen molar-refractivity contribution in [3.63, 3.8) is 0 Å². The van der Waals surface area contributed by atoms with E-state index in [0.29, 0.717) is 9.86 Å².